The number of allylic oxidation sites excluding steroid dienone is 1. The predicted molar refractivity (Wildman–Crippen MR) is 163 cm³/mol. The number of anilines is 1. The van der Waals surface area contributed by atoms with Gasteiger partial charge in [-0.3, -0.25) is 4.79 Å². The van der Waals surface area contributed by atoms with Gasteiger partial charge in [-0.05, 0) is 105 Å². The molecule has 9 heteroatoms. The number of hydrogen-bond donors (Lipinski definition) is 2. The van der Waals surface area contributed by atoms with E-state index >= 15 is 0 Å². The number of sulfonamides is 1. The summed E-state index contributed by atoms with van der Waals surface area (Å²) in [4.78, 5) is 15.6. The number of rotatable bonds is 0. The van der Waals surface area contributed by atoms with Gasteiger partial charge in [0.2, 0.25) is 10.0 Å². The normalized spacial score (nSPS) is 33.8. The minimum absolute atomic E-state index is 0. The third-order valence-corrected chi connectivity index (χ3v) is 12.2. The molecule has 222 valence electrons. The van der Waals surface area contributed by atoms with E-state index in [2.05, 4.69) is 21.8 Å². The Morgan fingerprint density at radius 3 is 2.78 bits per heavy atom. The van der Waals surface area contributed by atoms with Crippen LogP contribution in [0.15, 0.2) is 48.6 Å². The van der Waals surface area contributed by atoms with Crippen molar-refractivity contribution in [2.75, 3.05) is 24.6 Å². The Balaban J connectivity index is 0.00000353. The Kier molecular flexibility index (Phi) is 7.62. The molecule has 6 rings (SSSR count). The average Bonchev–Trinajstić information content (AvgIpc) is 3.06. The zero-order valence-corrected chi connectivity index (χ0v) is 25.3. The van der Waals surface area contributed by atoms with Gasteiger partial charge in [-0.1, -0.05) is 36.7 Å². The van der Waals surface area contributed by atoms with Gasteiger partial charge in [0.1, 0.15) is 5.75 Å². The lowest BCUT2D eigenvalue weighted by Crippen LogP contribution is -2.49. The highest BCUT2D eigenvalue weighted by Crippen LogP contribution is 2.46. The maximum Gasteiger partial charge on any atom is 0.264 e. The van der Waals surface area contributed by atoms with Crippen LogP contribution < -0.4 is 14.4 Å². The second-order valence-corrected chi connectivity index (χ2v) is 15.1. The summed E-state index contributed by atoms with van der Waals surface area (Å²) in [5, 5.41) is 11.1. The minimum Gasteiger partial charge on any atom is -0.490 e. The summed E-state index contributed by atoms with van der Waals surface area (Å²) in [5.74, 6) is 0.232. The van der Waals surface area contributed by atoms with Crippen molar-refractivity contribution in [3.8, 4) is 5.75 Å². The van der Waals surface area contributed by atoms with Crippen LogP contribution in [0.1, 0.15) is 68.9 Å². The van der Waals surface area contributed by atoms with Crippen LogP contribution >= 0.6 is 11.6 Å². The highest BCUT2D eigenvalue weighted by atomic mass is 35.5. The number of fused-ring (bicyclic) bond motifs is 4. The van der Waals surface area contributed by atoms with Crippen LogP contribution in [-0.4, -0.2) is 50.5 Å². The number of nitrogens with zero attached hydrogens (tertiary/aromatic N) is 1. The second-order valence-electron chi connectivity index (χ2n) is 12.6. The quantitative estimate of drug-likeness (QED) is 0.388. The van der Waals surface area contributed by atoms with E-state index in [1.165, 1.54) is 11.1 Å². The smallest absolute Gasteiger partial charge is 0.264 e. The molecule has 0 unspecified atom stereocenters. The van der Waals surface area contributed by atoms with Crippen molar-refractivity contribution in [3.63, 3.8) is 0 Å². The number of nitrogens with one attached hydrogen (secondary N) is 1. The van der Waals surface area contributed by atoms with E-state index in [9.17, 15) is 18.3 Å². The summed E-state index contributed by atoms with van der Waals surface area (Å²) >= 11 is 6.38. The third kappa shape index (κ3) is 5.39. The topological polar surface area (TPSA) is 95.9 Å². The van der Waals surface area contributed by atoms with Crippen molar-refractivity contribution in [1.29, 1.82) is 0 Å². The summed E-state index contributed by atoms with van der Waals surface area (Å²) < 4.78 is 35.1. The molecule has 2 N–H and O–H groups in total. The van der Waals surface area contributed by atoms with Gasteiger partial charge in [-0.15, -0.1) is 0 Å². The highest BCUT2D eigenvalue weighted by Gasteiger charge is 2.44. The van der Waals surface area contributed by atoms with Crippen molar-refractivity contribution in [3.05, 3.63) is 70.3 Å². The molecule has 41 heavy (non-hydrogen) atoms. The van der Waals surface area contributed by atoms with E-state index in [1.807, 2.05) is 25.1 Å². The number of amides is 1. The molecule has 2 aromatic rings. The maximum absolute atomic E-state index is 13.3. The van der Waals surface area contributed by atoms with Gasteiger partial charge in [0.25, 0.3) is 5.91 Å². The number of hydrogen-bond acceptors (Lipinski definition) is 6. The first-order chi connectivity index (χ1) is 19.6. The Morgan fingerprint density at radius 1 is 1.17 bits per heavy atom. The van der Waals surface area contributed by atoms with Gasteiger partial charge in [0, 0.05) is 30.5 Å². The molecule has 7 nitrogen and oxygen atoms in total. The van der Waals surface area contributed by atoms with Crippen LogP contribution in [-0.2, 0) is 21.9 Å². The third-order valence-electron chi connectivity index (χ3n) is 10.0. The zero-order chi connectivity index (χ0) is 28.9. The molecule has 2 aliphatic heterocycles. The Morgan fingerprint density at radius 2 is 2.00 bits per heavy atom. The van der Waals surface area contributed by atoms with Crippen LogP contribution in [0.25, 0.3) is 0 Å². The number of halogens is 1. The molecule has 1 fully saturated rings. The molecule has 4 aliphatic rings. The van der Waals surface area contributed by atoms with Crippen LogP contribution in [0.2, 0.25) is 5.02 Å². The van der Waals surface area contributed by atoms with Gasteiger partial charge in [0.05, 0.1) is 23.6 Å². The second kappa shape index (κ2) is 10.9. The number of carbonyl (C=O) groups excluding carboxylic acids is 1. The number of benzene rings is 2. The number of aliphatic hydroxyl groups excluding tert-OH is 1. The molecule has 0 radical (unpaired) electrons. The molecule has 2 aliphatic carbocycles. The van der Waals surface area contributed by atoms with E-state index in [0.29, 0.717) is 31.9 Å². The lowest BCUT2D eigenvalue weighted by atomic mass is 9.68. The fraction of sp³-hybridized carbons (Fsp3) is 0.531. The molecule has 1 saturated carbocycles. The largest absolute Gasteiger partial charge is 0.490 e. The van der Waals surface area contributed by atoms with Gasteiger partial charge < -0.3 is 14.7 Å². The van der Waals surface area contributed by atoms with Crippen molar-refractivity contribution in [2.45, 2.75) is 69.1 Å². The predicted octanol–water partition coefficient (Wildman–Crippen LogP) is 5.49. The number of carbonyl (C=O) groups is 1. The molecule has 2 aromatic carbocycles. The van der Waals surface area contributed by atoms with E-state index in [4.69, 9.17) is 16.3 Å². The van der Waals surface area contributed by atoms with Crippen LogP contribution in [0.3, 0.4) is 0 Å². The average molecular weight is 601 g/mol. The first kappa shape index (κ1) is 28.6. The fourth-order valence-corrected chi connectivity index (χ4v) is 8.64. The molecule has 0 aromatic heterocycles. The van der Waals surface area contributed by atoms with Gasteiger partial charge in [-0.2, -0.15) is 0 Å². The van der Waals surface area contributed by atoms with E-state index in [0.717, 1.165) is 42.8 Å². The van der Waals surface area contributed by atoms with Gasteiger partial charge in [0.15, 0.2) is 0 Å². The first-order valence-corrected chi connectivity index (χ1v) is 16.7. The van der Waals surface area contributed by atoms with E-state index in [-0.39, 0.29) is 30.2 Å². The number of aliphatic hydroxyl groups is 1. The number of aryl methyl sites for hydroxylation is 1. The Hall–Kier alpha value is -2.55. The first-order valence-electron chi connectivity index (χ1n) is 14.8. The van der Waals surface area contributed by atoms with Crippen molar-refractivity contribution < 1.29 is 24.5 Å². The minimum atomic E-state index is -3.91. The summed E-state index contributed by atoms with van der Waals surface area (Å²) in [6, 6.07) is 11.4. The molecule has 2 heterocycles. The molecule has 1 amide bonds. The van der Waals surface area contributed by atoms with Crippen LogP contribution in [0.4, 0.5) is 5.69 Å². The summed E-state index contributed by atoms with van der Waals surface area (Å²) in [7, 11) is -3.91. The zero-order valence-electron chi connectivity index (χ0n) is 23.7. The Labute approximate surface area is 249 Å². The molecule has 1 spiro atoms. The summed E-state index contributed by atoms with van der Waals surface area (Å²) in [6.45, 7) is 5.39. The molecule has 6 atom stereocenters. The van der Waals surface area contributed by atoms with Crippen molar-refractivity contribution in [1.82, 2.24) is 4.72 Å². The SMILES string of the molecule is C[C@H]1C/C=C/[C@H](O)[C@@H]2CC[C@H]2CN2C[C@@]3(CCCc4cc(Cl)ccc43)COc3ccc(cc32)C(=O)NS(=O)(=O)[C@H]1C.[HH]. The maximum atomic E-state index is 13.3. The van der Waals surface area contributed by atoms with E-state index < -0.39 is 27.3 Å². The molecule has 2 bridgehead atoms. The fourth-order valence-electron chi connectivity index (χ4n) is 7.16. The van der Waals surface area contributed by atoms with Crippen LogP contribution in [0.5, 0.6) is 5.75 Å². The van der Waals surface area contributed by atoms with E-state index in [1.54, 1.807) is 25.1 Å². The lowest BCUT2D eigenvalue weighted by Gasteiger charge is -2.45. The standard InChI is InChI=1S/C32H39ClN2O5S.H2/c1-20-5-3-7-29(36)26-11-8-24(26)17-35-18-32(14-4-6-22-15-25(33)10-12-27(22)32)19-40-30-13-9-23(16-28(30)35)31(37)34-41(38,39)21(20)2;/h3,7,9-10,12-13,15-16,20-21,24,26,29,36H,4-6,8,11,14,17-19H2,1-2H3,(H,34,37);1H/b7-3+;/t20-,21-,24-,26+,29-,32-;/m0./s1. The number of ether oxygens (including phenoxy) is 1. The highest BCUT2D eigenvalue weighted by molar-refractivity contribution is 7.90. The molecular weight excluding hydrogens is 560 g/mol. The summed E-state index contributed by atoms with van der Waals surface area (Å²) in [5.41, 5.74) is 3.33. The molecular formula is C32H41ClN2O5S. The van der Waals surface area contributed by atoms with Gasteiger partial charge in [-0.25, -0.2) is 13.1 Å². The Bertz CT molecular complexity index is 1480. The van der Waals surface area contributed by atoms with Crippen molar-refractivity contribution >= 4 is 33.2 Å². The van der Waals surface area contributed by atoms with Crippen LogP contribution in [0, 0.1) is 17.8 Å². The molecule has 0 saturated heterocycles. The summed E-state index contributed by atoms with van der Waals surface area (Å²) in [6.07, 6.45) is 8.58. The van der Waals surface area contributed by atoms with Gasteiger partial charge >= 0.3 is 0 Å². The van der Waals surface area contributed by atoms with Crippen molar-refractivity contribution in [2.24, 2.45) is 17.8 Å². The monoisotopic (exact) mass is 600 g/mol. The lowest BCUT2D eigenvalue weighted by molar-refractivity contribution is 0.0456.